The summed E-state index contributed by atoms with van der Waals surface area (Å²) in [6.07, 6.45) is 5.86. The first kappa shape index (κ1) is 7.06. The van der Waals surface area contributed by atoms with E-state index < -0.39 is 0 Å². The van der Waals surface area contributed by atoms with Crippen molar-refractivity contribution in [3.05, 3.63) is 0 Å². The fourth-order valence-electron chi connectivity index (χ4n) is 0.959. The molecule has 0 bridgehead atoms. The molecule has 46 valence electrons. The summed E-state index contributed by atoms with van der Waals surface area (Å²) >= 11 is 1.68. The van der Waals surface area contributed by atoms with Gasteiger partial charge in [0.05, 0.1) is 0 Å². The zero-order valence-corrected chi connectivity index (χ0v) is 8.67. The van der Waals surface area contributed by atoms with Crippen molar-refractivity contribution in [2.24, 2.45) is 0 Å². The molecule has 0 radical (unpaired) electrons. The minimum absolute atomic E-state index is 1.35. The number of piperidine rings is 1. The fraction of sp³-hybridized carbons (Fsp3) is 1.00. The van der Waals surface area contributed by atoms with E-state index in [1.54, 1.807) is 25.2 Å². The Morgan fingerprint density at radius 3 is 2.12 bits per heavy atom. The van der Waals surface area contributed by atoms with Gasteiger partial charge in [-0.05, 0) is 0 Å². The zero-order valence-electron chi connectivity index (χ0n) is 4.84. The van der Waals surface area contributed by atoms with Crippen LogP contribution in [-0.2, 0) is 18.8 Å². The number of nitrogens with zero attached hydrogens (tertiary/aromatic N) is 1. The van der Waals surface area contributed by atoms with Gasteiger partial charge in [-0.2, -0.15) is 0 Å². The average molecular weight is 299 g/mol. The molecule has 0 N–H and O–H groups in total. The normalized spacial score (nSPS) is 24.0. The van der Waals surface area contributed by atoms with Crippen LogP contribution in [-0.4, -0.2) is 17.8 Å². The molecule has 0 amide bonds. The van der Waals surface area contributed by atoms with Crippen LogP contribution >= 0.6 is 6.37 Å². The van der Waals surface area contributed by atoms with E-state index in [1.165, 1.54) is 32.4 Å². The molecule has 0 saturated carbocycles. The van der Waals surface area contributed by atoms with Crippen LogP contribution in [0, 0.1) is 0 Å². The van der Waals surface area contributed by atoms with E-state index in [0.29, 0.717) is 0 Å². The summed E-state index contributed by atoms with van der Waals surface area (Å²) in [5.74, 6) is 0. The van der Waals surface area contributed by atoms with Crippen molar-refractivity contribution in [3.8, 4) is 0 Å². The molecule has 0 unspecified atom stereocenters. The molecule has 0 aliphatic carbocycles. The molecule has 0 aromatic heterocycles. The Bertz CT molecular complexity index is 80.5. The van der Waals surface area contributed by atoms with Crippen LogP contribution in [0.15, 0.2) is 0 Å². The Morgan fingerprint density at radius 1 is 1.12 bits per heavy atom. The second-order valence-electron chi connectivity index (χ2n) is 2.10. The van der Waals surface area contributed by atoms with E-state index in [0.717, 1.165) is 0 Å². The SMILES string of the molecule is [W]=[P]N1CCCCC1. The van der Waals surface area contributed by atoms with Gasteiger partial charge in [0.25, 0.3) is 0 Å². The summed E-state index contributed by atoms with van der Waals surface area (Å²) in [6, 6.07) is 0. The second-order valence-corrected chi connectivity index (χ2v) is 4.59. The van der Waals surface area contributed by atoms with E-state index in [9.17, 15) is 0 Å². The second kappa shape index (κ2) is 3.88. The maximum absolute atomic E-state index is 2.53. The van der Waals surface area contributed by atoms with Crippen LogP contribution in [0.2, 0.25) is 0 Å². The average Bonchev–Trinajstić information content (AvgIpc) is 1.90. The predicted octanol–water partition coefficient (Wildman–Crippen LogP) is 1.80. The molecule has 1 aliphatic heterocycles. The van der Waals surface area contributed by atoms with Gasteiger partial charge in [0.1, 0.15) is 0 Å². The molecular formula is C5H10NPW. The Labute approximate surface area is 62.4 Å². The van der Waals surface area contributed by atoms with E-state index in [-0.39, 0.29) is 0 Å². The molecule has 1 aliphatic rings. The van der Waals surface area contributed by atoms with Crippen molar-refractivity contribution < 1.29 is 18.8 Å². The van der Waals surface area contributed by atoms with Gasteiger partial charge in [-0.25, -0.2) is 0 Å². The van der Waals surface area contributed by atoms with Gasteiger partial charge in [-0.1, -0.05) is 0 Å². The molecular weight excluding hydrogens is 289 g/mol. The van der Waals surface area contributed by atoms with Gasteiger partial charge >= 0.3 is 62.2 Å². The molecule has 1 saturated heterocycles. The number of hydrogen-bond acceptors (Lipinski definition) is 1. The summed E-state index contributed by atoms with van der Waals surface area (Å²) in [4.78, 5) is 0. The number of hydrogen-bond donors (Lipinski definition) is 0. The number of rotatable bonds is 1. The minimum atomic E-state index is 1.35. The summed E-state index contributed by atoms with van der Waals surface area (Å²) in [6.45, 7) is 2.70. The fourth-order valence-corrected chi connectivity index (χ4v) is 3.17. The van der Waals surface area contributed by atoms with E-state index >= 15 is 0 Å². The molecule has 1 nitrogen and oxygen atoms in total. The molecule has 1 fully saturated rings. The molecule has 3 heteroatoms. The quantitative estimate of drug-likeness (QED) is 0.667. The van der Waals surface area contributed by atoms with Crippen molar-refractivity contribution in [2.75, 3.05) is 13.1 Å². The first-order chi connectivity index (χ1) is 3.93. The van der Waals surface area contributed by atoms with Gasteiger partial charge in [-0.15, -0.1) is 0 Å². The van der Waals surface area contributed by atoms with E-state index in [1.807, 2.05) is 0 Å². The molecule has 0 spiro atoms. The third-order valence-corrected chi connectivity index (χ3v) is 4.57. The van der Waals surface area contributed by atoms with Gasteiger partial charge in [-0.3, -0.25) is 0 Å². The summed E-state index contributed by atoms with van der Waals surface area (Å²) in [5.41, 5.74) is 0. The van der Waals surface area contributed by atoms with Crippen molar-refractivity contribution >= 4 is 6.37 Å². The Balaban J connectivity index is 2.22. The molecule has 0 aromatic carbocycles. The Morgan fingerprint density at radius 2 is 1.75 bits per heavy atom. The van der Waals surface area contributed by atoms with Crippen molar-refractivity contribution in [3.63, 3.8) is 0 Å². The first-order valence-corrected chi connectivity index (χ1v) is 7.72. The monoisotopic (exact) mass is 299 g/mol. The van der Waals surface area contributed by atoms with Gasteiger partial charge in [0.2, 0.25) is 0 Å². The van der Waals surface area contributed by atoms with Gasteiger partial charge in [0.15, 0.2) is 0 Å². The molecule has 0 atom stereocenters. The van der Waals surface area contributed by atoms with Crippen LogP contribution in [0.3, 0.4) is 0 Å². The van der Waals surface area contributed by atoms with Gasteiger partial charge < -0.3 is 0 Å². The third kappa shape index (κ3) is 2.05. The molecule has 1 rings (SSSR count). The maximum atomic E-state index is 2.53. The van der Waals surface area contributed by atoms with Crippen molar-refractivity contribution in [1.29, 1.82) is 0 Å². The summed E-state index contributed by atoms with van der Waals surface area (Å²) in [5, 5.41) is 0. The Hall–Kier alpha value is 0.948. The van der Waals surface area contributed by atoms with Crippen LogP contribution in [0.25, 0.3) is 0 Å². The standard InChI is InChI=1S/C5H10NP.W/c7-6-4-2-1-3-5-6;/h1-5H2;. The van der Waals surface area contributed by atoms with Crippen LogP contribution in [0.4, 0.5) is 0 Å². The first-order valence-electron chi connectivity index (χ1n) is 3.02. The zero-order chi connectivity index (χ0) is 5.82. The topological polar surface area (TPSA) is 3.24 Å². The summed E-state index contributed by atoms with van der Waals surface area (Å²) in [7, 11) is 0. The molecule has 0 aromatic rings. The van der Waals surface area contributed by atoms with Crippen LogP contribution in [0.5, 0.6) is 0 Å². The molecule has 8 heavy (non-hydrogen) atoms. The van der Waals surface area contributed by atoms with E-state index in [4.69, 9.17) is 0 Å². The van der Waals surface area contributed by atoms with Gasteiger partial charge in [0, 0.05) is 0 Å². The third-order valence-electron chi connectivity index (χ3n) is 1.45. The molecule has 1 heterocycles. The Kier molecular flexibility index (Phi) is 3.42. The van der Waals surface area contributed by atoms with Crippen molar-refractivity contribution in [1.82, 2.24) is 4.67 Å². The van der Waals surface area contributed by atoms with Crippen molar-refractivity contribution in [2.45, 2.75) is 19.3 Å². The predicted molar refractivity (Wildman–Crippen MR) is 32.3 cm³/mol. The van der Waals surface area contributed by atoms with Crippen LogP contribution in [0.1, 0.15) is 19.3 Å². The summed E-state index contributed by atoms with van der Waals surface area (Å²) < 4.78 is 2.53. The van der Waals surface area contributed by atoms with Crippen LogP contribution < -0.4 is 0 Å². The van der Waals surface area contributed by atoms with E-state index in [2.05, 4.69) is 4.67 Å².